The molecule has 19 heavy (non-hydrogen) atoms. The number of hydrogen-bond acceptors (Lipinski definition) is 2. The Labute approximate surface area is 109 Å². The fourth-order valence-corrected chi connectivity index (χ4v) is 1.53. The monoisotopic (exact) mass is 271 g/mol. The number of amides is 1. The molecule has 104 valence electrons. The first-order valence-electron chi connectivity index (χ1n) is 5.87. The molecule has 0 radical (unpaired) electrons. The second-order valence-electron chi connectivity index (χ2n) is 4.19. The molecule has 0 spiro atoms. The number of halogens is 2. The van der Waals surface area contributed by atoms with Crippen molar-refractivity contribution in [3.8, 4) is 0 Å². The Morgan fingerprint density at radius 1 is 1.21 bits per heavy atom. The van der Waals surface area contributed by atoms with Crippen molar-refractivity contribution in [3.63, 3.8) is 0 Å². The SMILES string of the molecule is Cc1cc(C(=O)NCCCCC(=O)O)c(F)cc1F. The van der Waals surface area contributed by atoms with E-state index in [-0.39, 0.29) is 24.1 Å². The standard InChI is InChI=1S/C13H15F2NO3/c1-8-6-9(11(15)7-10(8)14)13(19)16-5-3-2-4-12(17)18/h6-7H,2-5H2,1H3,(H,16,19)(H,17,18). The number of aryl methyl sites for hydroxylation is 1. The summed E-state index contributed by atoms with van der Waals surface area (Å²) in [6.07, 6.45) is 0.945. The number of carbonyl (C=O) groups is 2. The minimum absolute atomic E-state index is 0.0277. The number of nitrogens with one attached hydrogen (secondary N) is 1. The molecule has 2 N–H and O–H groups in total. The molecule has 0 bridgehead atoms. The lowest BCUT2D eigenvalue weighted by Crippen LogP contribution is -2.25. The Morgan fingerprint density at radius 3 is 2.53 bits per heavy atom. The minimum atomic E-state index is -0.911. The van der Waals surface area contributed by atoms with E-state index in [0.29, 0.717) is 18.9 Å². The van der Waals surface area contributed by atoms with E-state index in [0.717, 1.165) is 6.07 Å². The smallest absolute Gasteiger partial charge is 0.303 e. The number of aliphatic carboxylic acids is 1. The van der Waals surface area contributed by atoms with Gasteiger partial charge in [-0.05, 0) is 31.4 Å². The highest BCUT2D eigenvalue weighted by molar-refractivity contribution is 5.94. The molecule has 0 heterocycles. The third-order valence-corrected chi connectivity index (χ3v) is 2.60. The summed E-state index contributed by atoms with van der Waals surface area (Å²) in [5.74, 6) is -3.14. The summed E-state index contributed by atoms with van der Waals surface area (Å²) < 4.78 is 26.4. The first-order valence-corrected chi connectivity index (χ1v) is 5.87. The van der Waals surface area contributed by atoms with E-state index < -0.39 is 23.5 Å². The second-order valence-corrected chi connectivity index (χ2v) is 4.19. The summed E-state index contributed by atoms with van der Waals surface area (Å²) >= 11 is 0. The number of carbonyl (C=O) groups excluding carboxylic acids is 1. The van der Waals surface area contributed by atoms with Crippen molar-refractivity contribution in [2.45, 2.75) is 26.2 Å². The summed E-state index contributed by atoms with van der Waals surface area (Å²) in [6.45, 7) is 1.69. The van der Waals surface area contributed by atoms with E-state index >= 15 is 0 Å². The molecule has 6 heteroatoms. The van der Waals surface area contributed by atoms with E-state index in [2.05, 4.69) is 5.32 Å². The molecular weight excluding hydrogens is 256 g/mol. The molecule has 0 aliphatic heterocycles. The van der Waals surface area contributed by atoms with Crippen LogP contribution in [0.2, 0.25) is 0 Å². The summed E-state index contributed by atoms with van der Waals surface area (Å²) in [7, 11) is 0. The zero-order valence-electron chi connectivity index (χ0n) is 10.5. The molecular formula is C13H15F2NO3. The van der Waals surface area contributed by atoms with Crippen LogP contribution in [0.1, 0.15) is 35.2 Å². The average Bonchev–Trinajstić information content (AvgIpc) is 2.32. The molecule has 0 unspecified atom stereocenters. The molecule has 0 aliphatic carbocycles. The molecule has 4 nitrogen and oxygen atoms in total. The molecule has 1 aromatic rings. The maximum Gasteiger partial charge on any atom is 0.303 e. The molecule has 1 aromatic carbocycles. The highest BCUT2D eigenvalue weighted by atomic mass is 19.1. The molecule has 0 aromatic heterocycles. The predicted molar refractivity (Wildman–Crippen MR) is 64.9 cm³/mol. The van der Waals surface area contributed by atoms with Crippen molar-refractivity contribution in [3.05, 3.63) is 34.9 Å². The number of rotatable bonds is 6. The topological polar surface area (TPSA) is 66.4 Å². The van der Waals surface area contributed by atoms with Gasteiger partial charge in [-0.1, -0.05) is 0 Å². The van der Waals surface area contributed by atoms with Gasteiger partial charge < -0.3 is 10.4 Å². The lowest BCUT2D eigenvalue weighted by atomic mass is 10.1. The quantitative estimate of drug-likeness (QED) is 0.780. The van der Waals surface area contributed by atoms with Crippen LogP contribution in [0.15, 0.2) is 12.1 Å². The van der Waals surface area contributed by atoms with Crippen molar-refractivity contribution in [2.75, 3.05) is 6.54 Å². The van der Waals surface area contributed by atoms with Gasteiger partial charge in [-0.25, -0.2) is 8.78 Å². The van der Waals surface area contributed by atoms with Gasteiger partial charge >= 0.3 is 5.97 Å². The van der Waals surface area contributed by atoms with Crippen LogP contribution < -0.4 is 5.32 Å². The van der Waals surface area contributed by atoms with E-state index in [4.69, 9.17) is 5.11 Å². The van der Waals surface area contributed by atoms with Gasteiger partial charge in [0.2, 0.25) is 0 Å². The zero-order chi connectivity index (χ0) is 14.4. The molecule has 0 atom stereocenters. The fourth-order valence-electron chi connectivity index (χ4n) is 1.53. The van der Waals surface area contributed by atoms with E-state index in [1.165, 1.54) is 6.92 Å². The maximum atomic E-state index is 13.4. The predicted octanol–water partition coefficient (Wildman–Crippen LogP) is 2.26. The van der Waals surface area contributed by atoms with E-state index in [9.17, 15) is 18.4 Å². The molecule has 0 fully saturated rings. The van der Waals surface area contributed by atoms with Crippen LogP contribution in [-0.2, 0) is 4.79 Å². The third kappa shape index (κ3) is 4.65. The summed E-state index contributed by atoms with van der Waals surface area (Å²) in [6, 6.07) is 1.83. The summed E-state index contributed by atoms with van der Waals surface area (Å²) in [5.41, 5.74) is -0.0189. The van der Waals surface area contributed by atoms with Gasteiger partial charge in [-0.2, -0.15) is 0 Å². The molecule has 0 aliphatic rings. The number of carboxylic acids is 1. The lowest BCUT2D eigenvalue weighted by molar-refractivity contribution is -0.137. The lowest BCUT2D eigenvalue weighted by Gasteiger charge is -2.07. The Bertz CT molecular complexity index is 489. The number of benzene rings is 1. The van der Waals surface area contributed by atoms with Crippen molar-refractivity contribution in [1.29, 1.82) is 0 Å². The fraction of sp³-hybridized carbons (Fsp3) is 0.385. The van der Waals surface area contributed by atoms with E-state index in [1.807, 2.05) is 0 Å². The number of hydrogen-bond donors (Lipinski definition) is 2. The minimum Gasteiger partial charge on any atom is -0.481 e. The normalized spacial score (nSPS) is 10.3. The van der Waals surface area contributed by atoms with Gasteiger partial charge in [0.05, 0.1) is 5.56 Å². The highest BCUT2D eigenvalue weighted by Crippen LogP contribution is 2.14. The summed E-state index contributed by atoms with van der Waals surface area (Å²) in [5, 5.41) is 10.9. The van der Waals surface area contributed by atoms with Crippen LogP contribution in [0, 0.1) is 18.6 Å². The van der Waals surface area contributed by atoms with Gasteiger partial charge in [0.25, 0.3) is 5.91 Å². The molecule has 0 saturated heterocycles. The van der Waals surface area contributed by atoms with Crippen LogP contribution in [0.25, 0.3) is 0 Å². The Hall–Kier alpha value is -1.98. The van der Waals surface area contributed by atoms with Crippen molar-refractivity contribution >= 4 is 11.9 Å². The molecule has 1 amide bonds. The first kappa shape index (κ1) is 15.1. The molecule has 0 saturated carbocycles. The summed E-state index contributed by atoms with van der Waals surface area (Å²) in [4.78, 5) is 21.9. The van der Waals surface area contributed by atoms with Gasteiger partial charge in [-0.15, -0.1) is 0 Å². The van der Waals surface area contributed by atoms with Crippen molar-refractivity contribution in [1.82, 2.24) is 5.32 Å². The Balaban J connectivity index is 2.50. The van der Waals surface area contributed by atoms with Crippen LogP contribution in [0.4, 0.5) is 8.78 Å². The average molecular weight is 271 g/mol. The van der Waals surface area contributed by atoms with Crippen LogP contribution >= 0.6 is 0 Å². The van der Waals surface area contributed by atoms with Crippen LogP contribution in [0.5, 0.6) is 0 Å². The third-order valence-electron chi connectivity index (χ3n) is 2.60. The van der Waals surface area contributed by atoms with Crippen molar-refractivity contribution in [2.24, 2.45) is 0 Å². The maximum absolute atomic E-state index is 13.4. The van der Waals surface area contributed by atoms with Gasteiger partial charge in [0.15, 0.2) is 0 Å². The van der Waals surface area contributed by atoms with E-state index in [1.54, 1.807) is 0 Å². The number of unbranched alkanes of at least 4 members (excludes halogenated alkanes) is 1. The van der Waals surface area contributed by atoms with Crippen molar-refractivity contribution < 1.29 is 23.5 Å². The Kier molecular flexibility index (Phi) is 5.41. The first-order chi connectivity index (χ1) is 8.91. The van der Waals surface area contributed by atoms with Crippen LogP contribution in [0.3, 0.4) is 0 Å². The van der Waals surface area contributed by atoms with Gasteiger partial charge in [-0.3, -0.25) is 9.59 Å². The van der Waals surface area contributed by atoms with Gasteiger partial charge in [0, 0.05) is 19.0 Å². The zero-order valence-corrected chi connectivity index (χ0v) is 10.5. The Morgan fingerprint density at radius 2 is 1.89 bits per heavy atom. The second kappa shape index (κ2) is 6.82. The highest BCUT2D eigenvalue weighted by Gasteiger charge is 2.13. The van der Waals surface area contributed by atoms with Gasteiger partial charge in [0.1, 0.15) is 11.6 Å². The van der Waals surface area contributed by atoms with Crippen LogP contribution in [-0.4, -0.2) is 23.5 Å². The number of carboxylic acid groups (broad SMARTS) is 1. The molecule has 1 rings (SSSR count). The largest absolute Gasteiger partial charge is 0.481 e.